The summed E-state index contributed by atoms with van der Waals surface area (Å²) in [5.74, 6) is -2.45. The van der Waals surface area contributed by atoms with Gasteiger partial charge < -0.3 is 5.32 Å². The normalized spacial score (nSPS) is 35.6. The molecule has 0 radical (unpaired) electrons. The summed E-state index contributed by atoms with van der Waals surface area (Å²) < 4.78 is 24.3. The highest BCUT2D eigenvalue weighted by Crippen LogP contribution is 2.24. The van der Waals surface area contributed by atoms with E-state index in [1.54, 1.807) is 6.92 Å². The molecule has 1 atom stereocenters. The van der Waals surface area contributed by atoms with Crippen LogP contribution in [0.3, 0.4) is 0 Å². The molecule has 1 fully saturated rings. The molecule has 1 saturated heterocycles. The van der Waals surface area contributed by atoms with Gasteiger partial charge in [0.25, 0.3) is 5.92 Å². The lowest BCUT2D eigenvalue weighted by molar-refractivity contribution is 0.0216. The average molecular weight is 121 g/mol. The number of hydrogen-bond donors (Lipinski definition) is 1. The Balaban J connectivity index is 2.44. The van der Waals surface area contributed by atoms with E-state index in [9.17, 15) is 8.78 Å². The maximum atomic E-state index is 12.1. The third-order valence-electron chi connectivity index (χ3n) is 1.31. The second-order valence-electron chi connectivity index (χ2n) is 2.34. The number of rotatable bonds is 0. The van der Waals surface area contributed by atoms with E-state index in [1.807, 2.05) is 0 Å². The first kappa shape index (κ1) is 5.95. The molecule has 1 nitrogen and oxygen atoms in total. The van der Waals surface area contributed by atoms with Crippen molar-refractivity contribution in [3.05, 3.63) is 0 Å². The van der Waals surface area contributed by atoms with Gasteiger partial charge in [-0.1, -0.05) is 0 Å². The third-order valence-corrected chi connectivity index (χ3v) is 1.31. The average Bonchev–Trinajstić information content (AvgIpc) is 1.82. The van der Waals surface area contributed by atoms with Gasteiger partial charge in [0.1, 0.15) is 0 Å². The van der Waals surface area contributed by atoms with Crippen molar-refractivity contribution in [2.45, 2.75) is 25.3 Å². The van der Waals surface area contributed by atoms with Gasteiger partial charge in [-0.15, -0.1) is 0 Å². The summed E-state index contributed by atoms with van der Waals surface area (Å²) in [6.07, 6.45) is -0.00694. The van der Waals surface area contributed by atoms with Crippen LogP contribution < -0.4 is 5.32 Å². The smallest absolute Gasteiger partial charge is 0.261 e. The van der Waals surface area contributed by atoms with E-state index in [-0.39, 0.29) is 19.0 Å². The number of alkyl halides is 2. The highest BCUT2D eigenvalue weighted by Gasteiger charge is 2.36. The molecule has 0 saturated carbocycles. The van der Waals surface area contributed by atoms with Gasteiger partial charge in [-0.2, -0.15) is 0 Å². The van der Waals surface area contributed by atoms with Crippen LogP contribution in [-0.4, -0.2) is 18.5 Å². The molecule has 0 aromatic rings. The van der Waals surface area contributed by atoms with E-state index in [0.717, 1.165) is 0 Å². The molecule has 48 valence electrons. The van der Waals surface area contributed by atoms with Crippen LogP contribution in [-0.2, 0) is 0 Å². The predicted molar refractivity (Wildman–Crippen MR) is 27.0 cm³/mol. The fourth-order valence-electron chi connectivity index (χ4n) is 0.916. The second-order valence-corrected chi connectivity index (χ2v) is 2.34. The van der Waals surface area contributed by atoms with E-state index >= 15 is 0 Å². The highest BCUT2D eigenvalue weighted by atomic mass is 19.3. The van der Waals surface area contributed by atoms with Crippen molar-refractivity contribution in [1.29, 1.82) is 0 Å². The Morgan fingerprint density at radius 1 is 1.62 bits per heavy atom. The molecule has 0 amide bonds. The van der Waals surface area contributed by atoms with E-state index in [4.69, 9.17) is 0 Å². The summed E-state index contributed by atoms with van der Waals surface area (Å²) in [4.78, 5) is 0. The summed E-state index contributed by atoms with van der Waals surface area (Å²) in [6, 6.07) is -0.00926. The quantitative estimate of drug-likeness (QED) is 0.504. The van der Waals surface area contributed by atoms with Crippen LogP contribution in [0.2, 0.25) is 0 Å². The van der Waals surface area contributed by atoms with Crippen molar-refractivity contribution < 1.29 is 8.78 Å². The van der Waals surface area contributed by atoms with Crippen molar-refractivity contribution in [2.75, 3.05) is 6.54 Å². The fraction of sp³-hybridized carbons (Fsp3) is 1.00. The molecule has 0 bridgehead atoms. The van der Waals surface area contributed by atoms with Gasteiger partial charge in [0.2, 0.25) is 0 Å². The van der Waals surface area contributed by atoms with Crippen LogP contribution in [0.5, 0.6) is 0 Å². The molecule has 8 heavy (non-hydrogen) atoms. The first-order valence-corrected chi connectivity index (χ1v) is 2.71. The Kier molecular flexibility index (Phi) is 1.23. The largest absolute Gasteiger partial charge is 0.308 e. The second kappa shape index (κ2) is 1.65. The molecule has 0 aromatic carbocycles. The lowest BCUT2D eigenvalue weighted by atomic mass is 10.2. The molecule has 0 unspecified atom stereocenters. The van der Waals surface area contributed by atoms with Gasteiger partial charge >= 0.3 is 0 Å². The van der Waals surface area contributed by atoms with Crippen LogP contribution in [0, 0.1) is 0 Å². The van der Waals surface area contributed by atoms with E-state index in [1.165, 1.54) is 0 Å². The molecule has 1 N–H and O–H groups in total. The SMILES string of the molecule is C[C@@H]1CC(F)(F)CN1. The molecule has 3 heteroatoms. The Morgan fingerprint density at radius 2 is 2.25 bits per heavy atom. The standard InChI is InChI=1S/C5H9F2N/c1-4-2-5(6,7)3-8-4/h4,8H,2-3H2,1H3/t4-/m1/s1. The molecular weight excluding hydrogens is 112 g/mol. The van der Waals surface area contributed by atoms with E-state index < -0.39 is 5.92 Å². The van der Waals surface area contributed by atoms with Crippen LogP contribution >= 0.6 is 0 Å². The predicted octanol–water partition coefficient (Wildman–Crippen LogP) is 1.00. The molecule has 0 spiro atoms. The maximum absolute atomic E-state index is 12.1. The first-order chi connectivity index (χ1) is 3.60. The van der Waals surface area contributed by atoms with Gasteiger partial charge in [-0.3, -0.25) is 0 Å². The van der Waals surface area contributed by atoms with Crippen molar-refractivity contribution >= 4 is 0 Å². The van der Waals surface area contributed by atoms with E-state index in [0.29, 0.717) is 0 Å². The Bertz CT molecular complexity index is 92.4. The minimum atomic E-state index is -2.45. The van der Waals surface area contributed by atoms with Gasteiger partial charge in [0.05, 0.1) is 6.54 Å². The summed E-state index contributed by atoms with van der Waals surface area (Å²) in [5.41, 5.74) is 0. The third kappa shape index (κ3) is 1.15. The van der Waals surface area contributed by atoms with Crippen LogP contribution in [0.1, 0.15) is 13.3 Å². The van der Waals surface area contributed by atoms with E-state index in [2.05, 4.69) is 5.32 Å². The molecule has 1 aliphatic heterocycles. The number of halogens is 2. The van der Waals surface area contributed by atoms with Crippen LogP contribution in [0.15, 0.2) is 0 Å². The highest BCUT2D eigenvalue weighted by molar-refractivity contribution is 4.83. The molecule has 1 rings (SSSR count). The van der Waals surface area contributed by atoms with Gasteiger partial charge in [0.15, 0.2) is 0 Å². The fourth-order valence-corrected chi connectivity index (χ4v) is 0.916. The lowest BCUT2D eigenvalue weighted by Gasteiger charge is -2.03. The summed E-state index contributed by atoms with van der Waals surface area (Å²) in [6.45, 7) is 1.62. The number of hydrogen-bond acceptors (Lipinski definition) is 1. The van der Waals surface area contributed by atoms with Crippen LogP contribution in [0.4, 0.5) is 8.78 Å². The Hall–Kier alpha value is -0.180. The van der Waals surface area contributed by atoms with Crippen LogP contribution in [0.25, 0.3) is 0 Å². The van der Waals surface area contributed by atoms with Gasteiger partial charge in [-0.25, -0.2) is 8.78 Å². The minimum absolute atomic E-state index is 0.00694. The maximum Gasteiger partial charge on any atom is 0.261 e. The monoisotopic (exact) mass is 121 g/mol. The summed E-state index contributed by atoms with van der Waals surface area (Å²) in [7, 11) is 0. The van der Waals surface area contributed by atoms with Gasteiger partial charge in [0, 0.05) is 12.5 Å². The summed E-state index contributed by atoms with van der Waals surface area (Å²) >= 11 is 0. The zero-order valence-electron chi connectivity index (χ0n) is 4.75. The minimum Gasteiger partial charge on any atom is -0.308 e. The molecule has 1 heterocycles. The van der Waals surface area contributed by atoms with Crippen molar-refractivity contribution in [3.8, 4) is 0 Å². The summed E-state index contributed by atoms with van der Waals surface area (Å²) in [5, 5.41) is 2.66. The van der Waals surface area contributed by atoms with Crippen molar-refractivity contribution in [3.63, 3.8) is 0 Å². The zero-order chi connectivity index (χ0) is 6.20. The zero-order valence-corrected chi connectivity index (χ0v) is 4.75. The Labute approximate surface area is 47.1 Å². The molecule has 0 aliphatic carbocycles. The molecular formula is C5H9F2N. The van der Waals surface area contributed by atoms with Crippen molar-refractivity contribution in [1.82, 2.24) is 5.32 Å². The van der Waals surface area contributed by atoms with Crippen molar-refractivity contribution in [2.24, 2.45) is 0 Å². The molecule has 1 aliphatic rings. The Morgan fingerprint density at radius 3 is 2.38 bits per heavy atom. The van der Waals surface area contributed by atoms with Gasteiger partial charge in [-0.05, 0) is 6.92 Å². The lowest BCUT2D eigenvalue weighted by Crippen LogP contribution is -2.20. The molecule has 0 aromatic heterocycles. The topological polar surface area (TPSA) is 12.0 Å². The number of nitrogens with one attached hydrogen (secondary N) is 1. The first-order valence-electron chi connectivity index (χ1n) is 2.71.